The van der Waals surface area contributed by atoms with Gasteiger partial charge in [0.25, 0.3) is 0 Å². The van der Waals surface area contributed by atoms with Gasteiger partial charge in [-0.1, -0.05) is 38.8 Å². The molecule has 0 saturated carbocycles. The Morgan fingerprint density at radius 1 is 0.947 bits per heavy atom. The topological polar surface area (TPSA) is 83.3 Å². The number of anilines is 2. The van der Waals surface area contributed by atoms with Crippen LogP contribution >= 0.6 is 11.8 Å². The number of aliphatic hydroxyl groups is 1. The molecular formula is C45H77F3N4O4S+2. The minimum absolute atomic E-state index is 0.00764. The number of rotatable bonds is 19. The van der Waals surface area contributed by atoms with E-state index in [0.29, 0.717) is 13.5 Å². The summed E-state index contributed by atoms with van der Waals surface area (Å²) in [6.07, 6.45) is 2.29. The third kappa shape index (κ3) is 16.8. The third-order valence-electron chi connectivity index (χ3n) is 12.0. The number of carbonyl (C=O) groups excluding carboxylic acids is 2. The summed E-state index contributed by atoms with van der Waals surface area (Å²) in [4.78, 5) is 27.5. The van der Waals surface area contributed by atoms with Gasteiger partial charge in [-0.3, -0.25) is 4.79 Å². The molecule has 3 atom stereocenters. The fourth-order valence-corrected chi connectivity index (χ4v) is 9.10. The second-order valence-electron chi connectivity index (χ2n) is 15.5. The van der Waals surface area contributed by atoms with Gasteiger partial charge in [0.05, 0.1) is 59.0 Å². The molecule has 57 heavy (non-hydrogen) atoms. The standard InChI is InChI=1S/C36H57N3O2S.C6H15N.C3H3F3O2/c1-8-13-22-36(9-2)27-42-33-21-20-30(38(6)7)26-31(33)32(35(36)41)25-28-17-16-18-29(24-28)37-34(40)19-14-15-23-39(10-3,11-4)12-5;1-4-7(5-2)6-3;1-8-2(7)3(4,5)6/h16-18,20-21,24,26,32,35,41H,8-15,19,22-23,25,27H2,1-7H3;4-6H2,1-3H3;1H3/p+2/t32-,35?,36-;;/m1../s1. The van der Waals surface area contributed by atoms with Crippen LogP contribution in [0.25, 0.3) is 0 Å². The highest BCUT2D eigenvalue weighted by Crippen LogP contribution is 2.50. The zero-order valence-corrected chi connectivity index (χ0v) is 37.9. The van der Waals surface area contributed by atoms with Crippen molar-refractivity contribution >= 4 is 35.0 Å². The van der Waals surface area contributed by atoms with Crippen molar-refractivity contribution in [1.29, 1.82) is 0 Å². The van der Waals surface area contributed by atoms with Crippen LogP contribution in [0.3, 0.4) is 0 Å². The van der Waals surface area contributed by atoms with E-state index in [1.54, 1.807) is 4.90 Å². The van der Waals surface area contributed by atoms with E-state index in [0.717, 1.165) is 98.3 Å². The molecule has 1 amide bonds. The summed E-state index contributed by atoms with van der Waals surface area (Å²) in [7, 11) is 4.83. The van der Waals surface area contributed by atoms with Crippen molar-refractivity contribution in [2.75, 3.05) is 83.0 Å². The SMILES string of the molecule is CCCC[C@]1(CC)CSc2ccc(N(C)C)cc2[C@@H](Cc2cccc(NC(=O)CCCC[N+](CC)(CC)CC)c2)C1O.CC[NH+](CC)CC.COC(=O)C(F)(F)F. The molecule has 1 heterocycles. The molecule has 0 bridgehead atoms. The van der Waals surface area contributed by atoms with Crippen LogP contribution in [-0.2, 0) is 20.7 Å². The molecule has 3 N–H and O–H groups in total. The van der Waals surface area contributed by atoms with Crippen LogP contribution in [0.2, 0.25) is 0 Å². The molecule has 1 unspecified atom stereocenters. The van der Waals surface area contributed by atoms with E-state index in [4.69, 9.17) is 0 Å². The van der Waals surface area contributed by atoms with Crippen LogP contribution in [0.1, 0.15) is 117 Å². The molecule has 0 aromatic heterocycles. The van der Waals surface area contributed by atoms with Gasteiger partial charge in [-0.2, -0.15) is 13.2 Å². The van der Waals surface area contributed by atoms with Crippen LogP contribution in [-0.4, -0.2) is 107 Å². The van der Waals surface area contributed by atoms with Crippen molar-refractivity contribution in [3.05, 3.63) is 53.6 Å². The fraction of sp³-hybridized carbons (Fsp3) is 0.689. The highest BCUT2D eigenvalue weighted by atomic mass is 32.2. The molecule has 2 aromatic carbocycles. The summed E-state index contributed by atoms with van der Waals surface area (Å²) in [5, 5.41) is 15.3. The number of carbonyl (C=O) groups is 2. The maximum atomic E-state index is 12.9. The molecule has 0 aliphatic carbocycles. The lowest BCUT2D eigenvalue weighted by atomic mass is 9.69. The van der Waals surface area contributed by atoms with E-state index in [-0.39, 0.29) is 17.2 Å². The molecule has 1 aliphatic heterocycles. The zero-order chi connectivity index (χ0) is 43.2. The molecule has 1 aliphatic rings. The Kier molecular flexibility index (Phi) is 24.1. The number of fused-ring (bicyclic) bond motifs is 1. The van der Waals surface area contributed by atoms with Gasteiger partial charge in [-0.05, 0) is 115 Å². The van der Waals surface area contributed by atoms with Crippen LogP contribution in [0.4, 0.5) is 24.5 Å². The normalized spacial score (nSPS) is 18.0. The summed E-state index contributed by atoms with van der Waals surface area (Å²) in [6.45, 7) is 26.4. The van der Waals surface area contributed by atoms with Gasteiger partial charge in [-0.25, -0.2) is 4.79 Å². The Labute approximate surface area is 347 Å². The quantitative estimate of drug-likeness (QED) is 0.0747. The lowest BCUT2D eigenvalue weighted by Crippen LogP contribution is -3.11. The molecule has 8 nitrogen and oxygen atoms in total. The van der Waals surface area contributed by atoms with Gasteiger partial charge in [0, 0.05) is 53.9 Å². The molecule has 0 saturated heterocycles. The molecule has 3 rings (SSSR count). The summed E-state index contributed by atoms with van der Waals surface area (Å²) in [5.74, 6) is -1.14. The number of benzene rings is 2. The van der Waals surface area contributed by atoms with Gasteiger partial charge in [0.15, 0.2) is 0 Å². The predicted molar refractivity (Wildman–Crippen MR) is 233 cm³/mol. The number of quaternary nitrogens is 2. The number of nitrogens with one attached hydrogen (secondary N) is 2. The van der Waals surface area contributed by atoms with Crippen LogP contribution in [0, 0.1) is 5.41 Å². The smallest absolute Gasteiger partial charge is 0.462 e. The summed E-state index contributed by atoms with van der Waals surface area (Å²) in [5.41, 5.74) is 4.31. The van der Waals surface area contributed by atoms with E-state index in [1.807, 2.05) is 23.9 Å². The average molecular weight is 827 g/mol. The Morgan fingerprint density at radius 2 is 1.58 bits per heavy atom. The molecule has 2 aromatic rings. The molecular weight excluding hydrogens is 750 g/mol. The second kappa shape index (κ2) is 26.3. The third-order valence-corrected chi connectivity index (χ3v) is 13.4. The minimum Gasteiger partial charge on any atom is -0.462 e. The number of aliphatic hydroxyl groups excluding tert-OH is 1. The summed E-state index contributed by atoms with van der Waals surface area (Å²) in [6, 6.07) is 15.0. The van der Waals surface area contributed by atoms with Crippen LogP contribution in [0.5, 0.6) is 0 Å². The Balaban J connectivity index is 0.000000911. The summed E-state index contributed by atoms with van der Waals surface area (Å²) < 4.78 is 37.4. The molecule has 12 heteroatoms. The number of amides is 1. The monoisotopic (exact) mass is 827 g/mol. The van der Waals surface area contributed by atoms with Crippen molar-refractivity contribution in [3.63, 3.8) is 0 Å². The second-order valence-corrected chi connectivity index (χ2v) is 16.5. The number of esters is 1. The number of nitrogens with zero attached hydrogens (tertiary/aromatic N) is 2. The zero-order valence-electron chi connectivity index (χ0n) is 37.1. The van der Waals surface area contributed by atoms with E-state index >= 15 is 0 Å². The minimum atomic E-state index is -4.85. The highest BCUT2D eigenvalue weighted by molar-refractivity contribution is 7.99. The lowest BCUT2D eigenvalue weighted by molar-refractivity contribution is -0.923. The first kappa shape index (κ1) is 52.2. The van der Waals surface area contributed by atoms with Gasteiger partial charge in [-0.15, -0.1) is 11.8 Å². The van der Waals surface area contributed by atoms with Crippen molar-refractivity contribution in [1.82, 2.24) is 0 Å². The van der Waals surface area contributed by atoms with E-state index in [2.05, 4.69) is 115 Å². The van der Waals surface area contributed by atoms with Crippen molar-refractivity contribution in [3.8, 4) is 0 Å². The largest absolute Gasteiger partial charge is 0.490 e. The number of halogens is 3. The molecule has 0 fully saturated rings. The first-order valence-corrected chi connectivity index (χ1v) is 22.3. The van der Waals surface area contributed by atoms with Gasteiger partial charge in [0.2, 0.25) is 5.91 Å². The maximum Gasteiger partial charge on any atom is 0.490 e. The van der Waals surface area contributed by atoms with Gasteiger partial charge in [0.1, 0.15) is 0 Å². The van der Waals surface area contributed by atoms with E-state index in [1.165, 1.54) is 30.1 Å². The van der Waals surface area contributed by atoms with Gasteiger partial charge >= 0.3 is 12.1 Å². The van der Waals surface area contributed by atoms with Gasteiger partial charge < -0.3 is 29.4 Å². The van der Waals surface area contributed by atoms with Crippen LogP contribution in [0.15, 0.2) is 47.4 Å². The number of thioether (sulfide) groups is 1. The molecule has 326 valence electrons. The fourth-order valence-electron chi connectivity index (χ4n) is 7.59. The summed E-state index contributed by atoms with van der Waals surface area (Å²) >= 11 is 1.92. The number of alkyl halides is 3. The highest BCUT2D eigenvalue weighted by Gasteiger charge is 2.44. The Hall–Kier alpha value is -2.80. The van der Waals surface area contributed by atoms with Crippen LogP contribution < -0.4 is 15.1 Å². The van der Waals surface area contributed by atoms with Crippen molar-refractivity contribution < 1.29 is 42.0 Å². The average Bonchev–Trinajstić information content (AvgIpc) is 3.31. The molecule has 0 spiro atoms. The van der Waals surface area contributed by atoms with Crippen molar-refractivity contribution in [2.24, 2.45) is 5.41 Å². The Bertz CT molecular complexity index is 1440. The first-order valence-electron chi connectivity index (χ1n) is 21.3. The predicted octanol–water partition coefficient (Wildman–Crippen LogP) is 8.77. The lowest BCUT2D eigenvalue weighted by Gasteiger charge is -2.40. The van der Waals surface area contributed by atoms with Crippen molar-refractivity contribution in [2.45, 2.75) is 130 Å². The Morgan fingerprint density at radius 3 is 2.05 bits per heavy atom. The number of methoxy groups -OCH3 is 1. The number of unbranched alkanes of at least 4 members (excludes halogenated alkanes) is 2. The maximum absolute atomic E-state index is 12.9. The number of ether oxygens (including phenoxy) is 1. The molecule has 0 radical (unpaired) electrons. The first-order chi connectivity index (χ1) is 27.0. The van der Waals surface area contributed by atoms with E-state index < -0.39 is 18.2 Å². The number of hydrogen-bond donors (Lipinski definition) is 3. The van der Waals surface area contributed by atoms with E-state index in [9.17, 15) is 27.9 Å². The number of hydrogen-bond acceptors (Lipinski definition) is 6.